The predicted molar refractivity (Wildman–Crippen MR) is 82.0 cm³/mol. The number of aryl methyl sites for hydroxylation is 1. The fraction of sp³-hybridized carbons (Fsp3) is 0.235. The number of imidazole rings is 1. The first-order chi connectivity index (χ1) is 10.2. The lowest BCUT2D eigenvalue weighted by atomic mass is 10.2. The average molecular weight is 284 g/mol. The summed E-state index contributed by atoms with van der Waals surface area (Å²) in [6.07, 6.45) is 0.883. The van der Waals surface area contributed by atoms with Gasteiger partial charge < -0.3 is 0 Å². The van der Waals surface area contributed by atoms with Crippen LogP contribution in [0, 0.1) is 5.82 Å². The summed E-state index contributed by atoms with van der Waals surface area (Å²) < 4.78 is 17.2. The third-order valence-corrected chi connectivity index (χ3v) is 3.66. The fourth-order valence-electron chi connectivity index (χ4n) is 2.66. The summed E-state index contributed by atoms with van der Waals surface area (Å²) in [6, 6.07) is 14.2. The summed E-state index contributed by atoms with van der Waals surface area (Å²) in [7, 11) is 0. The Morgan fingerprint density at radius 3 is 2.24 bits per heavy atom. The Hall–Kier alpha value is -2.36. The van der Waals surface area contributed by atoms with Gasteiger partial charge in [-0.1, -0.05) is 37.3 Å². The molecule has 0 bridgehead atoms. The van der Waals surface area contributed by atoms with E-state index < -0.39 is 0 Å². The van der Waals surface area contributed by atoms with Gasteiger partial charge in [0.1, 0.15) is 5.82 Å². The Morgan fingerprint density at radius 1 is 0.952 bits per heavy atom. The molecule has 2 aromatic carbocycles. The molecule has 0 unspecified atom stereocenters. The molecule has 0 saturated heterocycles. The van der Waals surface area contributed by atoms with Crippen LogP contribution in [0.4, 0.5) is 4.39 Å². The molecule has 4 heteroatoms. The monoisotopic (exact) mass is 284 g/mol. The van der Waals surface area contributed by atoms with Crippen molar-refractivity contribution in [1.82, 2.24) is 9.13 Å². The van der Waals surface area contributed by atoms with Crippen LogP contribution in [0.25, 0.3) is 11.0 Å². The third kappa shape index (κ3) is 2.37. The third-order valence-electron chi connectivity index (χ3n) is 3.66. The van der Waals surface area contributed by atoms with E-state index in [1.165, 1.54) is 6.07 Å². The van der Waals surface area contributed by atoms with E-state index in [0.29, 0.717) is 12.1 Å². The van der Waals surface area contributed by atoms with Gasteiger partial charge in [0.15, 0.2) is 0 Å². The molecule has 1 heterocycles. The van der Waals surface area contributed by atoms with Gasteiger partial charge in [0, 0.05) is 12.1 Å². The SMILES string of the molecule is CCCn1c(=O)n(Cc2ccccc2F)c2ccccc21. The minimum atomic E-state index is -0.281. The number of benzene rings is 2. The Kier molecular flexibility index (Phi) is 3.60. The molecule has 0 fully saturated rings. The highest BCUT2D eigenvalue weighted by atomic mass is 19.1. The predicted octanol–water partition coefficient (Wildman–Crippen LogP) is 3.40. The molecule has 3 aromatic rings. The largest absolute Gasteiger partial charge is 0.329 e. The molecular formula is C17H17FN2O. The Bertz CT molecular complexity index is 832. The van der Waals surface area contributed by atoms with Gasteiger partial charge in [-0.3, -0.25) is 9.13 Å². The smallest absolute Gasteiger partial charge is 0.292 e. The molecule has 0 N–H and O–H groups in total. The highest BCUT2D eigenvalue weighted by Crippen LogP contribution is 2.16. The van der Waals surface area contributed by atoms with Gasteiger partial charge in [-0.2, -0.15) is 0 Å². The number of nitrogens with zero attached hydrogens (tertiary/aromatic N) is 2. The Labute approximate surface area is 122 Å². The number of fused-ring (bicyclic) bond motifs is 1. The van der Waals surface area contributed by atoms with Crippen molar-refractivity contribution < 1.29 is 4.39 Å². The minimum absolute atomic E-state index is 0.0821. The zero-order chi connectivity index (χ0) is 14.8. The molecule has 3 rings (SSSR count). The first-order valence-corrected chi connectivity index (χ1v) is 7.14. The Balaban J connectivity index is 2.17. The molecule has 0 aliphatic heterocycles. The summed E-state index contributed by atoms with van der Waals surface area (Å²) in [5.41, 5.74) is 2.19. The summed E-state index contributed by atoms with van der Waals surface area (Å²) in [5.74, 6) is -0.281. The van der Waals surface area contributed by atoms with E-state index in [4.69, 9.17) is 0 Å². The van der Waals surface area contributed by atoms with Crippen LogP contribution in [-0.2, 0) is 13.1 Å². The molecule has 0 radical (unpaired) electrons. The molecule has 0 amide bonds. The van der Waals surface area contributed by atoms with Crippen molar-refractivity contribution in [3.63, 3.8) is 0 Å². The number of para-hydroxylation sites is 2. The number of aromatic nitrogens is 2. The highest BCUT2D eigenvalue weighted by Gasteiger charge is 2.13. The molecule has 3 nitrogen and oxygen atoms in total. The summed E-state index contributed by atoms with van der Waals surface area (Å²) in [5, 5.41) is 0. The lowest BCUT2D eigenvalue weighted by Gasteiger charge is -2.04. The van der Waals surface area contributed by atoms with Gasteiger partial charge in [-0.25, -0.2) is 9.18 Å². The maximum atomic E-state index is 13.8. The van der Waals surface area contributed by atoms with E-state index in [0.717, 1.165) is 17.5 Å². The lowest BCUT2D eigenvalue weighted by Crippen LogP contribution is -2.25. The van der Waals surface area contributed by atoms with Crippen molar-refractivity contribution in [3.05, 3.63) is 70.4 Å². The molecule has 0 spiro atoms. The second kappa shape index (κ2) is 5.56. The van der Waals surface area contributed by atoms with Crippen LogP contribution >= 0.6 is 0 Å². The normalized spacial score (nSPS) is 11.1. The zero-order valence-electron chi connectivity index (χ0n) is 11.9. The van der Waals surface area contributed by atoms with Gasteiger partial charge in [0.2, 0.25) is 0 Å². The molecule has 21 heavy (non-hydrogen) atoms. The highest BCUT2D eigenvalue weighted by molar-refractivity contribution is 5.76. The summed E-state index contributed by atoms with van der Waals surface area (Å²) >= 11 is 0. The van der Waals surface area contributed by atoms with Gasteiger partial charge in [-0.15, -0.1) is 0 Å². The second-order valence-electron chi connectivity index (χ2n) is 5.10. The summed E-state index contributed by atoms with van der Waals surface area (Å²) in [6.45, 7) is 2.96. The Morgan fingerprint density at radius 2 is 1.57 bits per heavy atom. The number of rotatable bonds is 4. The average Bonchev–Trinajstić information content (AvgIpc) is 2.76. The van der Waals surface area contributed by atoms with Crippen LogP contribution in [0.2, 0.25) is 0 Å². The van der Waals surface area contributed by atoms with E-state index in [9.17, 15) is 9.18 Å². The van der Waals surface area contributed by atoms with E-state index in [1.54, 1.807) is 27.3 Å². The van der Waals surface area contributed by atoms with Crippen molar-refractivity contribution in [2.75, 3.05) is 0 Å². The van der Waals surface area contributed by atoms with Crippen LogP contribution in [0.5, 0.6) is 0 Å². The molecular weight excluding hydrogens is 267 g/mol. The van der Waals surface area contributed by atoms with Crippen molar-refractivity contribution >= 4 is 11.0 Å². The zero-order valence-corrected chi connectivity index (χ0v) is 11.9. The van der Waals surface area contributed by atoms with Crippen molar-refractivity contribution in [3.8, 4) is 0 Å². The van der Waals surface area contributed by atoms with Crippen LogP contribution in [0.1, 0.15) is 18.9 Å². The maximum absolute atomic E-state index is 13.8. The molecule has 0 aliphatic carbocycles. The van der Waals surface area contributed by atoms with Crippen LogP contribution < -0.4 is 5.69 Å². The topological polar surface area (TPSA) is 26.9 Å². The van der Waals surface area contributed by atoms with Crippen molar-refractivity contribution in [2.24, 2.45) is 0 Å². The molecule has 0 aliphatic rings. The van der Waals surface area contributed by atoms with Crippen LogP contribution in [-0.4, -0.2) is 9.13 Å². The maximum Gasteiger partial charge on any atom is 0.329 e. The molecule has 0 atom stereocenters. The van der Waals surface area contributed by atoms with Gasteiger partial charge in [0.25, 0.3) is 0 Å². The van der Waals surface area contributed by atoms with E-state index in [2.05, 4.69) is 0 Å². The van der Waals surface area contributed by atoms with Crippen molar-refractivity contribution in [2.45, 2.75) is 26.4 Å². The minimum Gasteiger partial charge on any atom is -0.292 e. The van der Waals surface area contributed by atoms with Gasteiger partial charge in [0.05, 0.1) is 17.6 Å². The van der Waals surface area contributed by atoms with Gasteiger partial charge in [-0.05, 0) is 24.6 Å². The molecule has 1 aromatic heterocycles. The van der Waals surface area contributed by atoms with E-state index in [1.807, 2.05) is 31.2 Å². The summed E-state index contributed by atoms with van der Waals surface area (Å²) in [4.78, 5) is 12.6. The standard InChI is InChI=1S/C17H17FN2O/c1-2-11-19-15-9-5-6-10-16(15)20(17(19)21)12-13-7-3-4-8-14(13)18/h3-10H,2,11-12H2,1H3. The second-order valence-corrected chi connectivity index (χ2v) is 5.10. The van der Waals surface area contributed by atoms with Crippen LogP contribution in [0.3, 0.4) is 0 Å². The van der Waals surface area contributed by atoms with E-state index >= 15 is 0 Å². The number of hydrogen-bond acceptors (Lipinski definition) is 1. The quantitative estimate of drug-likeness (QED) is 0.721. The number of hydrogen-bond donors (Lipinski definition) is 0. The molecule has 0 saturated carbocycles. The lowest BCUT2D eigenvalue weighted by molar-refractivity contribution is 0.590. The molecule has 108 valence electrons. The van der Waals surface area contributed by atoms with Crippen molar-refractivity contribution in [1.29, 1.82) is 0 Å². The van der Waals surface area contributed by atoms with Gasteiger partial charge >= 0.3 is 5.69 Å². The first-order valence-electron chi connectivity index (χ1n) is 7.14. The fourth-order valence-corrected chi connectivity index (χ4v) is 2.66. The number of halogens is 1. The van der Waals surface area contributed by atoms with Crippen LogP contribution in [0.15, 0.2) is 53.3 Å². The first kappa shape index (κ1) is 13.6. The van der Waals surface area contributed by atoms with E-state index in [-0.39, 0.29) is 18.1 Å².